The van der Waals surface area contributed by atoms with Crippen LogP contribution in [0.3, 0.4) is 0 Å². The summed E-state index contributed by atoms with van der Waals surface area (Å²) in [6, 6.07) is 2.01. The Balaban J connectivity index is 1.95. The van der Waals surface area contributed by atoms with Crippen LogP contribution in [0.5, 0.6) is 0 Å². The molecule has 0 radical (unpaired) electrons. The van der Waals surface area contributed by atoms with Gasteiger partial charge in [-0.15, -0.1) is 0 Å². The van der Waals surface area contributed by atoms with E-state index >= 15 is 0 Å². The maximum Gasteiger partial charge on any atom is 0.0490 e. The van der Waals surface area contributed by atoms with Gasteiger partial charge in [0, 0.05) is 37.9 Å². The molecule has 2 N–H and O–H groups in total. The van der Waals surface area contributed by atoms with Crippen LogP contribution in [0.15, 0.2) is 12.3 Å². The average Bonchev–Trinajstić information content (AvgIpc) is 2.69. The second-order valence-electron chi connectivity index (χ2n) is 3.48. The molecule has 0 spiro atoms. The molecule has 0 saturated heterocycles. The van der Waals surface area contributed by atoms with Gasteiger partial charge in [-0.1, -0.05) is 6.92 Å². The first kappa shape index (κ1) is 11.2. The van der Waals surface area contributed by atoms with Gasteiger partial charge in [-0.25, -0.2) is 0 Å². The molecule has 0 aromatic carbocycles. The molecule has 0 amide bonds. The lowest BCUT2D eigenvalue weighted by molar-refractivity contribution is 0.349. The minimum Gasteiger partial charge on any atom is -0.315 e. The zero-order chi connectivity index (χ0) is 10.2. The second kappa shape index (κ2) is 6.56. The first-order valence-electron chi connectivity index (χ1n) is 5.20. The highest BCUT2D eigenvalue weighted by Gasteiger charge is 1.95. The molecule has 0 aliphatic heterocycles. The quantitative estimate of drug-likeness (QED) is 0.624. The van der Waals surface area contributed by atoms with E-state index in [1.54, 1.807) is 6.20 Å². The van der Waals surface area contributed by atoms with Gasteiger partial charge in [0.25, 0.3) is 0 Å². The second-order valence-corrected chi connectivity index (χ2v) is 3.48. The lowest BCUT2D eigenvalue weighted by atomic mass is 10.3. The molecule has 1 heterocycles. The molecule has 4 nitrogen and oxygen atoms in total. The number of aromatic nitrogens is 2. The van der Waals surface area contributed by atoms with E-state index in [2.05, 4.69) is 34.4 Å². The van der Waals surface area contributed by atoms with Crippen molar-refractivity contribution in [2.24, 2.45) is 0 Å². The molecule has 0 saturated carbocycles. The SMILES string of the molecule is CCN(C)CCNCCc1ccn[nH]1. The minimum absolute atomic E-state index is 1.01. The van der Waals surface area contributed by atoms with E-state index in [0.29, 0.717) is 0 Å². The molecule has 14 heavy (non-hydrogen) atoms. The normalized spacial score (nSPS) is 11.1. The van der Waals surface area contributed by atoms with Crippen molar-refractivity contribution in [3.8, 4) is 0 Å². The summed E-state index contributed by atoms with van der Waals surface area (Å²) in [6.45, 7) is 6.46. The van der Waals surface area contributed by atoms with E-state index in [1.807, 2.05) is 6.07 Å². The first-order valence-corrected chi connectivity index (χ1v) is 5.20. The van der Waals surface area contributed by atoms with E-state index in [4.69, 9.17) is 0 Å². The van der Waals surface area contributed by atoms with Gasteiger partial charge < -0.3 is 10.2 Å². The molecule has 4 heteroatoms. The Morgan fingerprint density at radius 2 is 2.36 bits per heavy atom. The van der Waals surface area contributed by atoms with E-state index in [1.165, 1.54) is 5.69 Å². The Bertz CT molecular complexity index is 220. The van der Waals surface area contributed by atoms with Crippen molar-refractivity contribution in [3.05, 3.63) is 18.0 Å². The number of hydrogen-bond acceptors (Lipinski definition) is 3. The van der Waals surface area contributed by atoms with Gasteiger partial charge in [0.1, 0.15) is 0 Å². The Morgan fingerprint density at radius 1 is 1.50 bits per heavy atom. The van der Waals surface area contributed by atoms with Crippen LogP contribution in [0.25, 0.3) is 0 Å². The lowest BCUT2D eigenvalue weighted by Crippen LogP contribution is -2.30. The number of aromatic amines is 1. The van der Waals surface area contributed by atoms with Crippen molar-refractivity contribution in [1.82, 2.24) is 20.4 Å². The van der Waals surface area contributed by atoms with E-state index in [0.717, 1.165) is 32.6 Å². The molecule has 0 bridgehead atoms. The average molecular weight is 196 g/mol. The fourth-order valence-corrected chi connectivity index (χ4v) is 1.20. The highest BCUT2D eigenvalue weighted by atomic mass is 15.1. The number of hydrogen-bond donors (Lipinski definition) is 2. The lowest BCUT2D eigenvalue weighted by Gasteiger charge is -2.13. The third kappa shape index (κ3) is 4.39. The van der Waals surface area contributed by atoms with Crippen molar-refractivity contribution >= 4 is 0 Å². The number of H-pyrrole nitrogens is 1. The van der Waals surface area contributed by atoms with Crippen LogP contribution in [0, 0.1) is 0 Å². The van der Waals surface area contributed by atoms with Crippen LogP contribution in [0.2, 0.25) is 0 Å². The Morgan fingerprint density at radius 3 is 3.00 bits per heavy atom. The predicted molar refractivity (Wildman–Crippen MR) is 58.3 cm³/mol. The van der Waals surface area contributed by atoms with Gasteiger partial charge in [-0.2, -0.15) is 5.10 Å². The molecule has 0 aliphatic rings. The highest BCUT2D eigenvalue weighted by Crippen LogP contribution is 1.90. The number of likely N-dealkylation sites (N-methyl/N-ethyl adjacent to an activating group) is 1. The molecule has 1 rings (SSSR count). The van der Waals surface area contributed by atoms with Crippen LogP contribution in [0.4, 0.5) is 0 Å². The molecule has 0 unspecified atom stereocenters. The zero-order valence-electron chi connectivity index (χ0n) is 9.08. The summed E-state index contributed by atoms with van der Waals surface area (Å²) in [5.74, 6) is 0. The third-order valence-electron chi connectivity index (χ3n) is 2.34. The Labute approximate surface area is 85.7 Å². The molecular formula is C10H20N4. The zero-order valence-corrected chi connectivity index (χ0v) is 9.08. The van der Waals surface area contributed by atoms with Gasteiger partial charge in [-0.3, -0.25) is 5.10 Å². The molecule has 0 fully saturated rings. The van der Waals surface area contributed by atoms with E-state index < -0.39 is 0 Å². The summed E-state index contributed by atoms with van der Waals surface area (Å²) in [5, 5.41) is 10.2. The van der Waals surface area contributed by atoms with Gasteiger partial charge in [0.2, 0.25) is 0 Å². The summed E-state index contributed by atoms with van der Waals surface area (Å²) in [7, 11) is 2.14. The van der Waals surface area contributed by atoms with Crippen LogP contribution in [-0.2, 0) is 6.42 Å². The summed E-state index contributed by atoms with van der Waals surface area (Å²) in [6.07, 6.45) is 2.82. The summed E-state index contributed by atoms with van der Waals surface area (Å²) >= 11 is 0. The molecule has 1 aromatic heterocycles. The summed E-state index contributed by atoms with van der Waals surface area (Å²) < 4.78 is 0. The molecule has 0 aliphatic carbocycles. The van der Waals surface area contributed by atoms with Crippen molar-refractivity contribution < 1.29 is 0 Å². The monoisotopic (exact) mass is 196 g/mol. The van der Waals surface area contributed by atoms with Gasteiger partial charge in [0.15, 0.2) is 0 Å². The fourth-order valence-electron chi connectivity index (χ4n) is 1.20. The number of rotatable bonds is 7. The topological polar surface area (TPSA) is 44.0 Å². The molecular weight excluding hydrogens is 176 g/mol. The van der Waals surface area contributed by atoms with Crippen LogP contribution in [0.1, 0.15) is 12.6 Å². The fraction of sp³-hybridized carbons (Fsp3) is 0.700. The van der Waals surface area contributed by atoms with Crippen molar-refractivity contribution in [1.29, 1.82) is 0 Å². The number of nitrogens with one attached hydrogen (secondary N) is 2. The molecule has 1 aromatic rings. The van der Waals surface area contributed by atoms with Crippen molar-refractivity contribution in [2.75, 3.05) is 33.2 Å². The highest BCUT2D eigenvalue weighted by molar-refractivity contribution is 4.97. The van der Waals surface area contributed by atoms with Crippen LogP contribution < -0.4 is 5.32 Å². The molecule has 80 valence electrons. The predicted octanol–water partition coefficient (Wildman–Crippen LogP) is 0.493. The van der Waals surface area contributed by atoms with E-state index in [-0.39, 0.29) is 0 Å². The Hall–Kier alpha value is -0.870. The smallest absolute Gasteiger partial charge is 0.0490 e. The first-order chi connectivity index (χ1) is 6.83. The largest absolute Gasteiger partial charge is 0.315 e. The summed E-state index contributed by atoms with van der Waals surface area (Å²) in [4.78, 5) is 2.29. The van der Waals surface area contributed by atoms with E-state index in [9.17, 15) is 0 Å². The van der Waals surface area contributed by atoms with Crippen LogP contribution >= 0.6 is 0 Å². The standard InChI is InChI=1S/C10H20N4/c1-3-14(2)9-8-11-6-4-10-5-7-12-13-10/h5,7,11H,3-4,6,8-9H2,1-2H3,(H,12,13). The maximum atomic E-state index is 3.90. The third-order valence-corrected chi connectivity index (χ3v) is 2.34. The number of nitrogens with zero attached hydrogens (tertiary/aromatic N) is 2. The van der Waals surface area contributed by atoms with Gasteiger partial charge in [-0.05, 0) is 19.7 Å². The molecule has 0 atom stereocenters. The van der Waals surface area contributed by atoms with Gasteiger partial charge >= 0.3 is 0 Å². The summed E-state index contributed by atoms with van der Waals surface area (Å²) in [5.41, 5.74) is 1.20. The van der Waals surface area contributed by atoms with Gasteiger partial charge in [0.05, 0.1) is 0 Å². The van der Waals surface area contributed by atoms with Crippen LogP contribution in [-0.4, -0.2) is 48.3 Å². The minimum atomic E-state index is 1.01. The van der Waals surface area contributed by atoms with Crippen molar-refractivity contribution in [3.63, 3.8) is 0 Å². The van der Waals surface area contributed by atoms with Crippen molar-refractivity contribution in [2.45, 2.75) is 13.3 Å². The maximum absolute atomic E-state index is 3.90. The Kier molecular flexibility index (Phi) is 5.25.